The van der Waals surface area contributed by atoms with E-state index in [1.54, 1.807) is 4.68 Å². The summed E-state index contributed by atoms with van der Waals surface area (Å²) in [6, 6.07) is 19.7. The molecule has 0 saturated carbocycles. The number of nitrogens with zero attached hydrogens (tertiary/aromatic N) is 4. The number of aryl methyl sites for hydroxylation is 1. The highest BCUT2D eigenvalue weighted by Gasteiger charge is 2.16. The highest BCUT2D eigenvalue weighted by Crippen LogP contribution is 2.21. The van der Waals surface area contributed by atoms with E-state index >= 15 is 0 Å². The number of benzene rings is 2. The summed E-state index contributed by atoms with van der Waals surface area (Å²) in [4.78, 5) is 7.73. The molecular formula is C20H19N7. The predicted octanol–water partition coefficient (Wildman–Crippen LogP) is 3.25. The summed E-state index contributed by atoms with van der Waals surface area (Å²) in [6.45, 7) is 0.711. The highest BCUT2D eigenvalue weighted by atomic mass is 15.3. The van der Waals surface area contributed by atoms with E-state index in [2.05, 4.69) is 26.5 Å². The fourth-order valence-electron chi connectivity index (χ4n) is 3.04. The second kappa shape index (κ2) is 7.22. The summed E-state index contributed by atoms with van der Waals surface area (Å²) < 4.78 is 1.63. The molecule has 7 heteroatoms. The molecule has 0 amide bonds. The van der Waals surface area contributed by atoms with Crippen molar-refractivity contribution >= 4 is 22.8 Å². The van der Waals surface area contributed by atoms with Crippen LogP contribution in [0.1, 0.15) is 17.7 Å². The Morgan fingerprint density at radius 3 is 2.67 bits per heavy atom. The van der Waals surface area contributed by atoms with E-state index in [1.165, 1.54) is 0 Å². The van der Waals surface area contributed by atoms with Crippen molar-refractivity contribution < 1.29 is 0 Å². The second-order valence-corrected chi connectivity index (χ2v) is 6.20. The van der Waals surface area contributed by atoms with Gasteiger partial charge in [0.25, 0.3) is 0 Å². The molecule has 2 aromatic carbocycles. The van der Waals surface area contributed by atoms with Gasteiger partial charge in [-0.2, -0.15) is 10.4 Å². The zero-order chi connectivity index (χ0) is 18.6. The Bertz CT molecular complexity index is 1070. The van der Waals surface area contributed by atoms with Crippen LogP contribution in [0.25, 0.3) is 16.7 Å². The van der Waals surface area contributed by atoms with E-state index in [-0.39, 0.29) is 0 Å². The van der Waals surface area contributed by atoms with Gasteiger partial charge in [-0.15, -0.1) is 0 Å². The third-order valence-electron chi connectivity index (χ3n) is 4.38. The lowest BCUT2D eigenvalue weighted by atomic mass is 10.1. The molecule has 27 heavy (non-hydrogen) atoms. The van der Waals surface area contributed by atoms with Gasteiger partial charge in [0, 0.05) is 6.54 Å². The summed E-state index contributed by atoms with van der Waals surface area (Å²) in [6.07, 6.45) is 1.46. The molecule has 0 bridgehead atoms. The molecular weight excluding hydrogens is 338 g/mol. The van der Waals surface area contributed by atoms with Gasteiger partial charge < -0.3 is 16.0 Å². The van der Waals surface area contributed by atoms with Crippen molar-refractivity contribution in [3.05, 3.63) is 65.9 Å². The molecule has 0 spiro atoms. The minimum Gasteiger partial charge on any atom is -0.382 e. The van der Waals surface area contributed by atoms with E-state index in [1.807, 2.05) is 54.6 Å². The van der Waals surface area contributed by atoms with Crippen molar-refractivity contribution in [3.8, 4) is 11.8 Å². The van der Waals surface area contributed by atoms with Crippen LogP contribution < -0.4 is 11.1 Å². The average molecular weight is 357 g/mol. The maximum atomic E-state index is 9.46. The number of nitrogen functional groups attached to an aromatic ring is 1. The Labute approximate surface area is 156 Å². The minimum atomic E-state index is 0.379. The van der Waals surface area contributed by atoms with Crippen molar-refractivity contribution in [2.45, 2.75) is 12.8 Å². The molecule has 2 aromatic heterocycles. The molecule has 7 nitrogen and oxygen atoms in total. The Balaban J connectivity index is 1.43. The molecule has 0 unspecified atom stereocenters. The number of H-pyrrole nitrogens is 1. The topological polar surface area (TPSA) is 108 Å². The molecule has 0 aliphatic rings. The van der Waals surface area contributed by atoms with Crippen LogP contribution in [0.3, 0.4) is 0 Å². The van der Waals surface area contributed by atoms with Crippen LogP contribution in [0.4, 0.5) is 11.8 Å². The Morgan fingerprint density at radius 1 is 1.11 bits per heavy atom. The normalized spacial score (nSPS) is 10.8. The first kappa shape index (κ1) is 16.7. The van der Waals surface area contributed by atoms with Gasteiger partial charge in [-0.05, 0) is 37.1 Å². The molecule has 134 valence electrons. The lowest BCUT2D eigenvalue weighted by Crippen LogP contribution is -2.05. The number of nitrogens with two attached hydrogens (primary N) is 1. The number of aromatic amines is 1. The van der Waals surface area contributed by atoms with Crippen LogP contribution in [0.5, 0.6) is 0 Å². The van der Waals surface area contributed by atoms with E-state index in [4.69, 9.17) is 5.73 Å². The van der Waals surface area contributed by atoms with Gasteiger partial charge in [-0.3, -0.25) is 0 Å². The number of imidazole rings is 1. The van der Waals surface area contributed by atoms with Crippen molar-refractivity contribution in [2.24, 2.45) is 0 Å². The monoisotopic (exact) mass is 357 g/mol. The van der Waals surface area contributed by atoms with Gasteiger partial charge in [0.15, 0.2) is 0 Å². The number of nitrogens with one attached hydrogen (secondary N) is 2. The Morgan fingerprint density at radius 2 is 1.89 bits per heavy atom. The highest BCUT2D eigenvalue weighted by molar-refractivity contribution is 5.77. The molecule has 2 heterocycles. The molecule has 4 aromatic rings. The van der Waals surface area contributed by atoms with Crippen LogP contribution in [-0.4, -0.2) is 26.3 Å². The SMILES string of the molecule is N#Cc1c(CCCNc2nc3ccccc3[nH]2)nn(-c2ccccc2)c1N. The third-order valence-corrected chi connectivity index (χ3v) is 4.38. The van der Waals surface area contributed by atoms with Gasteiger partial charge in [0.1, 0.15) is 17.5 Å². The summed E-state index contributed by atoms with van der Waals surface area (Å²) in [5, 5.41) is 17.3. The first-order chi connectivity index (χ1) is 13.3. The van der Waals surface area contributed by atoms with Crippen LogP contribution in [-0.2, 0) is 6.42 Å². The molecule has 0 fully saturated rings. The van der Waals surface area contributed by atoms with E-state index in [0.29, 0.717) is 30.0 Å². The maximum absolute atomic E-state index is 9.46. The van der Waals surface area contributed by atoms with Gasteiger partial charge in [-0.1, -0.05) is 30.3 Å². The molecule has 0 saturated heterocycles. The predicted molar refractivity (Wildman–Crippen MR) is 106 cm³/mol. The first-order valence-electron chi connectivity index (χ1n) is 8.78. The number of para-hydroxylation sites is 3. The van der Waals surface area contributed by atoms with Gasteiger partial charge in [0.2, 0.25) is 5.95 Å². The van der Waals surface area contributed by atoms with Crippen LogP contribution in [0, 0.1) is 11.3 Å². The number of rotatable bonds is 6. The van der Waals surface area contributed by atoms with Crippen LogP contribution in [0.15, 0.2) is 54.6 Å². The molecule has 0 atom stereocenters. The Hall–Kier alpha value is -3.79. The Kier molecular flexibility index (Phi) is 4.45. The van der Waals surface area contributed by atoms with E-state index in [9.17, 15) is 5.26 Å². The van der Waals surface area contributed by atoms with Crippen LogP contribution in [0.2, 0.25) is 0 Å². The second-order valence-electron chi connectivity index (χ2n) is 6.20. The zero-order valence-corrected chi connectivity index (χ0v) is 14.7. The quantitative estimate of drug-likeness (QED) is 0.459. The largest absolute Gasteiger partial charge is 0.382 e. The first-order valence-corrected chi connectivity index (χ1v) is 8.78. The van der Waals surface area contributed by atoms with Crippen molar-refractivity contribution in [1.29, 1.82) is 5.26 Å². The summed E-state index contributed by atoms with van der Waals surface area (Å²) >= 11 is 0. The van der Waals surface area contributed by atoms with E-state index < -0.39 is 0 Å². The minimum absolute atomic E-state index is 0.379. The summed E-state index contributed by atoms with van der Waals surface area (Å²) in [7, 11) is 0. The van der Waals surface area contributed by atoms with Crippen LogP contribution >= 0.6 is 0 Å². The van der Waals surface area contributed by atoms with Gasteiger partial charge >= 0.3 is 0 Å². The van der Waals surface area contributed by atoms with E-state index in [0.717, 1.165) is 29.1 Å². The number of fused-ring (bicyclic) bond motifs is 1. The molecule has 0 radical (unpaired) electrons. The molecule has 4 N–H and O–H groups in total. The fourth-order valence-corrected chi connectivity index (χ4v) is 3.04. The van der Waals surface area contributed by atoms with Crippen molar-refractivity contribution in [2.75, 3.05) is 17.6 Å². The average Bonchev–Trinajstić information content (AvgIpc) is 3.26. The molecule has 0 aliphatic heterocycles. The van der Waals surface area contributed by atoms with Crippen molar-refractivity contribution in [1.82, 2.24) is 19.7 Å². The lowest BCUT2D eigenvalue weighted by molar-refractivity contribution is 0.788. The molecule has 4 rings (SSSR count). The number of hydrogen-bond donors (Lipinski definition) is 3. The number of nitriles is 1. The molecule has 0 aliphatic carbocycles. The number of anilines is 2. The standard InChI is InChI=1S/C20H19N7/c21-13-15-16(26-27(19(15)22)14-7-2-1-3-8-14)11-6-12-23-20-24-17-9-4-5-10-18(17)25-20/h1-5,7-10H,6,11-12,22H2,(H2,23,24,25). The number of aromatic nitrogens is 4. The van der Waals surface area contributed by atoms with Crippen molar-refractivity contribution in [3.63, 3.8) is 0 Å². The summed E-state index contributed by atoms with van der Waals surface area (Å²) in [5.41, 5.74) is 10.1. The van der Waals surface area contributed by atoms with Gasteiger partial charge in [-0.25, -0.2) is 9.67 Å². The number of hydrogen-bond acceptors (Lipinski definition) is 5. The summed E-state index contributed by atoms with van der Waals surface area (Å²) in [5.74, 6) is 1.12. The zero-order valence-electron chi connectivity index (χ0n) is 14.7. The fraction of sp³-hybridized carbons (Fsp3) is 0.150. The smallest absolute Gasteiger partial charge is 0.201 e. The third kappa shape index (κ3) is 3.33. The lowest BCUT2D eigenvalue weighted by Gasteiger charge is -2.02. The maximum Gasteiger partial charge on any atom is 0.201 e. The van der Waals surface area contributed by atoms with Gasteiger partial charge in [0.05, 0.1) is 22.4 Å².